The molecule has 0 aliphatic rings. The van der Waals surface area contributed by atoms with Crippen LogP contribution in [0.5, 0.6) is 0 Å². The minimum absolute atomic E-state index is 0.0183. The number of sulfonamides is 1. The zero-order valence-electron chi connectivity index (χ0n) is 18.3. The van der Waals surface area contributed by atoms with E-state index in [0.29, 0.717) is 5.56 Å². The molecule has 2 rings (SSSR count). The Labute approximate surface area is 187 Å². The average Bonchev–Trinajstić information content (AvgIpc) is 2.71. The molecule has 0 heterocycles. The molecule has 0 aliphatic carbocycles. The second-order valence-electron chi connectivity index (χ2n) is 8.15. The smallest absolute Gasteiger partial charge is 0.410 e. The van der Waals surface area contributed by atoms with Crippen LogP contribution < -0.4 is 4.72 Å². The Morgan fingerprint density at radius 3 is 2.31 bits per heavy atom. The third-order valence-electron chi connectivity index (χ3n) is 4.38. The Balaban J connectivity index is 2.32. The van der Waals surface area contributed by atoms with Gasteiger partial charge in [0.15, 0.2) is 0 Å². The van der Waals surface area contributed by atoms with Crippen LogP contribution in [0.2, 0.25) is 0 Å². The highest BCUT2D eigenvalue weighted by atomic mass is 32.2. The molecule has 2 aromatic rings. The second-order valence-corrected chi connectivity index (χ2v) is 9.84. The molecule has 0 radical (unpaired) electrons. The number of amides is 1. The maximum absolute atomic E-state index is 12.8. The van der Waals surface area contributed by atoms with E-state index in [1.807, 2.05) is 0 Å². The fourth-order valence-corrected chi connectivity index (χ4v) is 3.81. The van der Waals surface area contributed by atoms with Gasteiger partial charge in [-0.25, -0.2) is 13.2 Å². The number of aliphatic hydroxyl groups is 1. The highest BCUT2D eigenvalue weighted by Crippen LogP contribution is 2.24. The van der Waals surface area contributed by atoms with Crippen molar-refractivity contribution in [1.29, 1.82) is 0 Å². The van der Waals surface area contributed by atoms with Gasteiger partial charge in [-0.2, -0.15) is 0 Å². The van der Waals surface area contributed by atoms with Crippen molar-refractivity contribution in [1.82, 2.24) is 4.90 Å². The zero-order chi connectivity index (χ0) is 24.1. The van der Waals surface area contributed by atoms with Crippen molar-refractivity contribution in [2.75, 3.05) is 11.3 Å². The molecule has 0 aliphatic heterocycles. The maximum atomic E-state index is 12.8. The van der Waals surface area contributed by atoms with E-state index in [4.69, 9.17) is 4.74 Å². The topological polar surface area (TPSA) is 139 Å². The Hall–Kier alpha value is -3.18. The molecule has 1 atom stereocenters. The number of carbonyl (C=O) groups is 1. The van der Waals surface area contributed by atoms with Crippen LogP contribution in [0.1, 0.15) is 33.3 Å². The number of hydrogen-bond acceptors (Lipinski definition) is 7. The number of benzene rings is 2. The van der Waals surface area contributed by atoms with Crippen LogP contribution in [0.15, 0.2) is 53.4 Å². The zero-order valence-corrected chi connectivity index (χ0v) is 19.1. The number of carbonyl (C=O) groups excluding carboxylic acids is 1. The van der Waals surface area contributed by atoms with Gasteiger partial charge in [0.05, 0.1) is 34.7 Å². The molecule has 11 heteroatoms. The number of non-ortho nitro benzene ring substituents is 1. The number of anilines is 1. The second kappa shape index (κ2) is 9.96. The number of ether oxygens (including phenoxy) is 1. The SMILES string of the molecule is C[C@H](CO)N(Cc1ccccc1NS(=O)(=O)c1ccc([N+](=O)[O-])cc1)C(=O)OC(C)(C)C. The highest BCUT2D eigenvalue weighted by Gasteiger charge is 2.27. The van der Waals surface area contributed by atoms with Crippen molar-refractivity contribution < 1.29 is 28.0 Å². The Morgan fingerprint density at radius 1 is 1.19 bits per heavy atom. The lowest BCUT2D eigenvalue weighted by atomic mass is 10.1. The van der Waals surface area contributed by atoms with Crippen LogP contribution in [0.25, 0.3) is 0 Å². The van der Waals surface area contributed by atoms with E-state index in [1.165, 1.54) is 11.0 Å². The Morgan fingerprint density at radius 2 is 1.78 bits per heavy atom. The molecule has 0 bridgehead atoms. The molecule has 2 N–H and O–H groups in total. The number of hydrogen-bond donors (Lipinski definition) is 2. The number of rotatable bonds is 8. The van der Waals surface area contributed by atoms with E-state index in [9.17, 15) is 28.4 Å². The minimum Gasteiger partial charge on any atom is -0.444 e. The van der Waals surface area contributed by atoms with Gasteiger partial charge in [-0.1, -0.05) is 18.2 Å². The average molecular weight is 466 g/mol. The van der Waals surface area contributed by atoms with Crippen LogP contribution in [0.4, 0.5) is 16.2 Å². The van der Waals surface area contributed by atoms with Gasteiger partial charge in [0.25, 0.3) is 15.7 Å². The van der Waals surface area contributed by atoms with Gasteiger partial charge in [0, 0.05) is 12.1 Å². The van der Waals surface area contributed by atoms with Crippen molar-refractivity contribution in [3.63, 3.8) is 0 Å². The lowest BCUT2D eigenvalue weighted by Gasteiger charge is -2.31. The summed E-state index contributed by atoms with van der Waals surface area (Å²) in [6.07, 6.45) is -0.646. The molecule has 0 aromatic heterocycles. The lowest BCUT2D eigenvalue weighted by Crippen LogP contribution is -2.43. The highest BCUT2D eigenvalue weighted by molar-refractivity contribution is 7.92. The first-order chi connectivity index (χ1) is 14.8. The van der Waals surface area contributed by atoms with Crippen LogP contribution in [-0.2, 0) is 21.3 Å². The fourth-order valence-electron chi connectivity index (χ4n) is 2.71. The van der Waals surface area contributed by atoms with Gasteiger partial charge in [-0.05, 0) is 51.5 Å². The summed E-state index contributed by atoms with van der Waals surface area (Å²) in [5, 5.41) is 20.4. The van der Waals surface area contributed by atoms with E-state index in [-0.39, 0.29) is 29.4 Å². The van der Waals surface area contributed by atoms with Gasteiger partial charge in [0.1, 0.15) is 5.60 Å². The minimum atomic E-state index is -4.05. The van der Waals surface area contributed by atoms with Gasteiger partial charge in [-0.15, -0.1) is 0 Å². The third-order valence-corrected chi connectivity index (χ3v) is 5.77. The first kappa shape index (κ1) is 25.1. The van der Waals surface area contributed by atoms with Gasteiger partial charge in [-0.3, -0.25) is 19.7 Å². The number of nitrogens with zero attached hydrogens (tertiary/aromatic N) is 2. The summed E-state index contributed by atoms with van der Waals surface area (Å²) >= 11 is 0. The molecule has 174 valence electrons. The third kappa shape index (κ3) is 6.66. The summed E-state index contributed by atoms with van der Waals surface area (Å²) in [6.45, 7) is 6.48. The summed E-state index contributed by atoms with van der Waals surface area (Å²) in [5.41, 5.74) is -0.273. The summed E-state index contributed by atoms with van der Waals surface area (Å²) in [5.74, 6) is 0. The summed E-state index contributed by atoms with van der Waals surface area (Å²) in [7, 11) is -4.05. The molecule has 0 saturated heterocycles. The number of nitro benzene ring substituents is 1. The molecule has 2 aromatic carbocycles. The molecule has 0 spiro atoms. The van der Waals surface area contributed by atoms with Crippen molar-refractivity contribution >= 4 is 27.5 Å². The van der Waals surface area contributed by atoms with Crippen LogP contribution in [0, 0.1) is 10.1 Å². The van der Waals surface area contributed by atoms with Crippen molar-refractivity contribution in [3.8, 4) is 0 Å². The number of para-hydroxylation sites is 1. The van der Waals surface area contributed by atoms with Crippen LogP contribution >= 0.6 is 0 Å². The molecule has 0 saturated carbocycles. The predicted octanol–water partition coefficient (Wildman–Crippen LogP) is 3.51. The van der Waals surface area contributed by atoms with Crippen LogP contribution in [-0.4, -0.2) is 47.7 Å². The van der Waals surface area contributed by atoms with E-state index in [0.717, 1.165) is 24.3 Å². The molecule has 0 fully saturated rings. The van der Waals surface area contributed by atoms with Crippen LogP contribution in [0.3, 0.4) is 0 Å². The Bertz CT molecular complexity index is 1060. The number of aliphatic hydroxyl groups excluding tert-OH is 1. The van der Waals surface area contributed by atoms with Crippen molar-refractivity contribution in [2.24, 2.45) is 0 Å². The normalized spacial score (nSPS) is 12.7. The van der Waals surface area contributed by atoms with Gasteiger partial charge < -0.3 is 9.84 Å². The first-order valence-corrected chi connectivity index (χ1v) is 11.3. The van der Waals surface area contributed by atoms with Crippen molar-refractivity contribution in [2.45, 2.75) is 50.8 Å². The first-order valence-electron chi connectivity index (χ1n) is 9.79. The molecule has 1 amide bonds. The molecular weight excluding hydrogens is 438 g/mol. The maximum Gasteiger partial charge on any atom is 0.410 e. The monoisotopic (exact) mass is 465 g/mol. The number of nitrogens with one attached hydrogen (secondary N) is 1. The fraction of sp³-hybridized carbons (Fsp3) is 0.381. The van der Waals surface area contributed by atoms with Gasteiger partial charge in [0.2, 0.25) is 0 Å². The number of nitro groups is 1. The van der Waals surface area contributed by atoms with E-state index < -0.39 is 32.7 Å². The molecule has 32 heavy (non-hydrogen) atoms. The predicted molar refractivity (Wildman–Crippen MR) is 119 cm³/mol. The molecule has 0 unspecified atom stereocenters. The van der Waals surface area contributed by atoms with Gasteiger partial charge >= 0.3 is 6.09 Å². The van der Waals surface area contributed by atoms with Crippen molar-refractivity contribution in [3.05, 3.63) is 64.2 Å². The molecular formula is C21H27N3O7S. The Kier molecular flexibility index (Phi) is 7.81. The van der Waals surface area contributed by atoms with E-state index in [1.54, 1.807) is 45.9 Å². The summed E-state index contributed by atoms with van der Waals surface area (Å²) in [4.78, 5) is 24.0. The summed E-state index contributed by atoms with van der Waals surface area (Å²) < 4.78 is 33.5. The summed E-state index contributed by atoms with van der Waals surface area (Å²) in [6, 6.07) is 10.4. The molecule has 10 nitrogen and oxygen atoms in total. The largest absolute Gasteiger partial charge is 0.444 e. The standard InChI is InChI=1S/C21H27N3O7S/c1-15(14-25)23(20(26)31-21(2,3)4)13-16-7-5-6-8-19(16)22-32(29,30)18-11-9-17(10-12-18)24(27)28/h5-12,15,22,25H,13-14H2,1-4H3/t15-/m1/s1. The van der Waals surface area contributed by atoms with E-state index in [2.05, 4.69) is 4.72 Å². The lowest BCUT2D eigenvalue weighted by molar-refractivity contribution is -0.384. The van der Waals surface area contributed by atoms with E-state index >= 15 is 0 Å². The quantitative estimate of drug-likeness (QED) is 0.449.